The third-order valence-corrected chi connectivity index (χ3v) is 5.74. The Morgan fingerprint density at radius 3 is 2.29 bits per heavy atom. The molecule has 0 amide bonds. The second-order valence-electron chi connectivity index (χ2n) is 5.42. The van der Waals surface area contributed by atoms with E-state index in [1.54, 1.807) is 19.9 Å². The van der Waals surface area contributed by atoms with Crippen molar-refractivity contribution in [2.75, 3.05) is 0 Å². The van der Waals surface area contributed by atoms with Gasteiger partial charge in [-0.05, 0) is 44.9 Å². The normalized spacial score (nSPS) is 13.1. The SMILES string of the molecule is Cc1ccc(C)c(C(C)S(=O)(=O)c2ccc(C)c[n+]2[O-])c1. The quantitative estimate of drug-likeness (QED) is 0.647. The summed E-state index contributed by atoms with van der Waals surface area (Å²) in [4.78, 5) is 0. The molecule has 0 N–H and O–H groups in total. The van der Waals surface area contributed by atoms with Crippen molar-refractivity contribution in [2.45, 2.75) is 38.0 Å². The van der Waals surface area contributed by atoms with Crippen LogP contribution in [0.5, 0.6) is 0 Å². The molecule has 1 unspecified atom stereocenters. The van der Waals surface area contributed by atoms with Crippen molar-refractivity contribution in [1.82, 2.24) is 0 Å². The first-order valence-corrected chi connectivity index (χ1v) is 8.29. The predicted molar refractivity (Wildman–Crippen MR) is 81.7 cm³/mol. The zero-order chi connectivity index (χ0) is 15.8. The standard InChI is InChI=1S/C16H19NO3S/c1-11-5-7-13(3)15(9-11)14(4)21(19,20)16-8-6-12(2)10-17(16)18/h5-10,14H,1-4H3. The lowest BCUT2D eigenvalue weighted by atomic mass is 10.0. The van der Waals surface area contributed by atoms with E-state index in [-0.39, 0.29) is 5.03 Å². The van der Waals surface area contributed by atoms with E-state index in [1.165, 1.54) is 12.3 Å². The van der Waals surface area contributed by atoms with E-state index in [1.807, 2.05) is 32.0 Å². The van der Waals surface area contributed by atoms with Crippen molar-refractivity contribution in [2.24, 2.45) is 0 Å². The van der Waals surface area contributed by atoms with Gasteiger partial charge in [0.25, 0.3) is 0 Å². The molecular weight excluding hydrogens is 286 g/mol. The molecule has 0 saturated carbocycles. The summed E-state index contributed by atoms with van der Waals surface area (Å²) in [5.74, 6) is 0. The molecule has 112 valence electrons. The summed E-state index contributed by atoms with van der Waals surface area (Å²) < 4.78 is 25.9. The molecule has 0 aliphatic rings. The molecule has 0 aliphatic heterocycles. The van der Waals surface area contributed by atoms with E-state index in [0.717, 1.165) is 22.3 Å². The van der Waals surface area contributed by atoms with Crippen LogP contribution in [0.1, 0.15) is 34.4 Å². The van der Waals surface area contributed by atoms with Gasteiger partial charge in [-0.3, -0.25) is 0 Å². The lowest BCUT2D eigenvalue weighted by Gasteiger charge is -2.16. The molecule has 1 aromatic heterocycles. The van der Waals surface area contributed by atoms with Gasteiger partial charge in [0.1, 0.15) is 0 Å². The molecule has 2 aromatic rings. The molecule has 0 saturated heterocycles. The summed E-state index contributed by atoms with van der Waals surface area (Å²) >= 11 is 0. The maximum absolute atomic E-state index is 12.7. The molecule has 1 heterocycles. The van der Waals surface area contributed by atoms with Crippen LogP contribution in [0, 0.1) is 26.0 Å². The first-order valence-electron chi connectivity index (χ1n) is 6.74. The van der Waals surface area contributed by atoms with Crippen LogP contribution in [-0.4, -0.2) is 8.42 Å². The Hall–Kier alpha value is -1.88. The van der Waals surface area contributed by atoms with Crippen molar-refractivity contribution < 1.29 is 13.1 Å². The Morgan fingerprint density at radius 2 is 1.67 bits per heavy atom. The Labute approximate surface area is 125 Å². The average molecular weight is 305 g/mol. The highest BCUT2D eigenvalue weighted by atomic mass is 32.2. The first-order chi connectivity index (χ1) is 9.73. The monoisotopic (exact) mass is 305 g/mol. The summed E-state index contributed by atoms with van der Waals surface area (Å²) in [5.41, 5.74) is 3.36. The molecule has 4 nitrogen and oxygen atoms in total. The number of sulfone groups is 1. The van der Waals surface area contributed by atoms with E-state index in [4.69, 9.17) is 0 Å². The summed E-state index contributed by atoms with van der Waals surface area (Å²) in [6.07, 6.45) is 1.28. The van der Waals surface area contributed by atoms with E-state index >= 15 is 0 Å². The highest BCUT2D eigenvalue weighted by Gasteiger charge is 2.32. The van der Waals surface area contributed by atoms with Gasteiger partial charge in [-0.25, -0.2) is 8.42 Å². The highest BCUT2D eigenvalue weighted by Crippen LogP contribution is 2.29. The Bertz CT molecular complexity index is 782. The van der Waals surface area contributed by atoms with Gasteiger partial charge in [0.2, 0.25) is 9.84 Å². The molecule has 5 heteroatoms. The fourth-order valence-electron chi connectivity index (χ4n) is 2.33. The largest absolute Gasteiger partial charge is 0.618 e. The number of benzene rings is 1. The molecule has 0 bridgehead atoms. The topological polar surface area (TPSA) is 61.1 Å². The summed E-state index contributed by atoms with van der Waals surface area (Å²) in [5, 5.41) is 10.9. The van der Waals surface area contributed by atoms with Crippen LogP contribution in [0.15, 0.2) is 41.6 Å². The highest BCUT2D eigenvalue weighted by molar-refractivity contribution is 7.91. The van der Waals surface area contributed by atoms with Gasteiger partial charge in [0.15, 0.2) is 6.20 Å². The van der Waals surface area contributed by atoms with Crippen LogP contribution < -0.4 is 4.73 Å². The molecule has 21 heavy (non-hydrogen) atoms. The zero-order valence-corrected chi connectivity index (χ0v) is 13.4. The van der Waals surface area contributed by atoms with Gasteiger partial charge < -0.3 is 5.21 Å². The van der Waals surface area contributed by atoms with Gasteiger partial charge >= 0.3 is 5.03 Å². The number of aryl methyl sites for hydroxylation is 3. The molecule has 0 aliphatic carbocycles. The van der Waals surface area contributed by atoms with E-state index < -0.39 is 15.1 Å². The van der Waals surface area contributed by atoms with Crippen LogP contribution >= 0.6 is 0 Å². The van der Waals surface area contributed by atoms with Gasteiger partial charge in [-0.15, -0.1) is 0 Å². The number of pyridine rings is 1. The Morgan fingerprint density at radius 1 is 1.05 bits per heavy atom. The minimum Gasteiger partial charge on any atom is -0.618 e. The lowest BCUT2D eigenvalue weighted by molar-refractivity contribution is -0.647. The van der Waals surface area contributed by atoms with Gasteiger partial charge in [-0.2, -0.15) is 4.73 Å². The second-order valence-corrected chi connectivity index (χ2v) is 7.63. The number of nitrogens with zero attached hydrogens (tertiary/aromatic N) is 1. The zero-order valence-electron chi connectivity index (χ0n) is 12.6. The minimum atomic E-state index is -3.73. The minimum absolute atomic E-state index is 0.207. The smallest absolute Gasteiger partial charge is 0.309 e. The Balaban J connectivity index is 2.55. The fraction of sp³-hybridized carbons (Fsp3) is 0.312. The molecule has 0 spiro atoms. The van der Waals surface area contributed by atoms with E-state index in [2.05, 4.69) is 0 Å². The summed E-state index contributed by atoms with van der Waals surface area (Å²) in [7, 11) is -3.73. The second kappa shape index (κ2) is 5.48. The summed E-state index contributed by atoms with van der Waals surface area (Å²) in [6.45, 7) is 7.17. The van der Waals surface area contributed by atoms with E-state index in [9.17, 15) is 13.6 Å². The Kier molecular flexibility index (Phi) is 4.05. The number of aromatic nitrogens is 1. The lowest BCUT2D eigenvalue weighted by Crippen LogP contribution is -2.35. The van der Waals surface area contributed by atoms with Crippen LogP contribution in [0.25, 0.3) is 0 Å². The van der Waals surface area contributed by atoms with Crippen molar-refractivity contribution in [3.05, 3.63) is 64.0 Å². The van der Waals surface area contributed by atoms with E-state index in [0.29, 0.717) is 4.73 Å². The number of hydrogen-bond acceptors (Lipinski definition) is 3. The maximum atomic E-state index is 12.7. The first kappa shape index (κ1) is 15.5. The van der Waals surface area contributed by atoms with Crippen molar-refractivity contribution >= 4 is 9.84 Å². The van der Waals surface area contributed by atoms with Crippen molar-refractivity contribution in [3.63, 3.8) is 0 Å². The van der Waals surface area contributed by atoms with Crippen LogP contribution in [0.3, 0.4) is 0 Å². The third kappa shape index (κ3) is 2.93. The number of rotatable bonds is 3. The van der Waals surface area contributed by atoms with Gasteiger partial charge in [0.05, 0.1) is 5.25 Å². The molecule has 0 fully saturated rings. The van der Waals surface area contributed by atoms with Crippen molar-refractivity contribution in [1.29, 1.82) is 0 Å². The van der Waals surface area contributed by atoms with Crippen molar-refractivity contribution in [3.8, 4) is 0 Å². The molecule has 0 radical (unpaired) electrons. The van der Waals surface area contributed by atoms with Crippen LogP contribution in [-0.2, 0) is 9.84 Å². The maximum Gasteiger partial charge on any atom is 0.309 e. The fourth-order valence-corrected chi connectivity index (χ4v) is 3.85. The molecule has 1 atom stereocenters. The predicted octanol–water partition coefficient (Wildman–Crippen LogP) is 2.78. The van der Waals surface area contributed by atoms with Gasteiger partial charge in [-0.1, -0.05) is 23.8 Å². The molecule has 1 aromatic carbocycles. The van der Waals surface area contributed by atoms with Crippen LogP contribution in [0.2, 0.25) is 0 Å². The average Bonchev–Trinajstić information content (AvgIpc) is 2.40. The van der Waals surface area contributed by atoms with Gasteiger partial charge in [0, 0.05) is 11.6 Å². The molecule has 2 rings (SSSR count). The molecular formula is C16H19NO3S. The van der Waals surface area contributed by atoms with Crippen LogP contribution in [0.4, 0.5) is 0 Å². The number of hydrogen-bond donors (Lipinski definition) is 0. The third-order valence-electron chi connectivity index (χ3n) is 3.66. The summed E-state index contributed by atoms with van der Waals surface area (Å²) in [6, 6.07) is 8.71.